The zero-order chi connectivity index (χ0) is 11.9. The molecule has 0 radical (unpaired) electrons. The Hall–Kier alpha value is -0.870. The van der Waals surface area contributed by atoms with Crippen LogP contribution in [0.5, 0.6) is 0 Å². The van der Waals surface area contributed by atoms with Crippen molar-refractivity contribution in [3.8, 4) is 0 Å². The second-order valence-electron chi connectivity index (χ2n) is 5.43. The van der Waals surface area contributed by atoms with Crippen LogP contribution in [0.15, 0.2) is 17.8 Å². The first-order chi connectivity index (χ1) is 8.15. The van der Waals surface area contributed by atoms with Gasteiger partial charge in [-0.15, -0.1) is 11.3 Å². The molecule has 1 aliphatic carbocycles. The molecule has 0 spiro atoms. The summed E-state index contributed by atoms with van der Waals surface area (Å²) >= 11 is 1.64. The maximum Gasteiger partial charge on any atom is 0.193 e. The highest BCUT2D eigenvalue weighted by Gasteiger charge is 2.33. The van der Waals surface area contributed by atoms with Crippen LogP contribution < -0.4 is 0 Å². The molecular formula is C13H18N2OS. The zero-order valence-electron chi connectivity index (χ0n) is 10.1. The summed E-state index contributed by atoms with van der Waals surface area (Å²) in [5.41, 5.74) is 0.496. The molecule has 0 aliphatic heterocycles. The van der Waals surface area contributed by atoms with Gasteiger partial charge >= 0.3 is 0 Å². The van der Waals surface area contributed by atoms with Gasteiger partial charge in [0.2, 0.25) is 0 Å². The van der Waals surface area contributed by atoms with Gasteiger partial charge in [-0.1, -0.05) is 19.8 Å². The summed E-state index contributed by atoms with van der Waals surface area (Å²) in [6, 6.07) is 0. The van der Waals surface area contributed by atoms with Gasteiger partial charge in [-0.3, -0.25) is 4.40 Å². The van der Waals surface area contributed by atoms with Crippen molar-refractivity contribution in [2.24, 2.45) is 5.92 Å². The SMILES string of the molecule is CC1CCCC(O)(Cc2cn3ccsc3n2)C1. The van der Waals surface area contributed by atoms with Gasteiger partial charge in [0.15, 0.2) is 4.96 Å². The highest BCUT2D eigenvalue weighted by atomic mass is 32.1. The smallest absolute Gasteiger partial charge is 0.193 e. The summed E-state index contributed by atoms with van der Waals surface area (Å²) in [7, 11) is 0. The second kappa shape index (κ2) is 4.10. The monoisotopic (exact) mass is 250 g/mol. The summed E-state index contributed by atoms with van der Waals surface area (Å²) < 4.78 is 2.04. The van der Waals surface area contributed by atoms with E-state index in [0.29, 0.717) is 12.3 Å². The Morgan fingerprint density at radius 2 is 2.53 bits per heavy atom. The predicted molar refractivity (Wildman–Crippen MR) is 69.4 cm³/mol. The molecule has 2 atom stereocenters. The third-order valence-corrected chi connectivity index (χ3v) is 4.49. The molecule has 1 fully saturated rings. The lowest BCUT2D eigenvalue weighted by molar-refractivity contribution is -0.0130. The Labute approximate surface area is 105 Å². The highest BCUT2D eigenvalue weighted by molar-refractivity contribution is 7.15. The molecule has 0 bridgehead atoms. The van der Waals surface area contributed by atoms with Crippen LogP contribution >= 0.6 is 11.3 Å². The highest BCUT2D eigenvalue weighted by Crippen LogP contribution is 2.34. The number of hydrogen-bond acceptors (Lipinski definition) is 3. The molecule has 17 heavy (non-hydrogen) atoms. The van der Waals surface area contributed by atoms with E-state index >= 15 is 0 Å². The average molecular weight is 250 g/mol. The van der Waals surface area contributed by atoms with Gasteiger partial charge in [0.25, 0.3) is 0 Å². The Bertz CT molecular complexity index is 490. The molecule has 2 heterocycles. The minimum absolute atomic E-state index is 0.526. The van der Waals surface area contributed by atoms with Crippen molar-refractivity contribution in [3.63, 3.8) is 0 Å². The van der Waals surface area contributed by atoms with Gasteiger partial charge < -0.3 is 5.11 Å². The van der Waals surface area contributed by atoms with Crippen molar-refractivity contribution >= 4 is 16.3 Å². The normalized spacial score (nSPS) is 29.9. The third-order valence-electron chi connectivity index (χ3n) is 3.72. The zero-order valence-corrected chi connectivity index (χ0v) is 10.9. The molecule has 0 aromatic carbocycles. The Balaban J connectivity index is 1.79. The molecule has 92 valence electrons. The van der Waals surface area contributed by atoms with E-state index in [0.717, 1.165) is 29.9 Å². The summed E-state index contributed by atoms with van der Waals surface area (Å²) in [6.07, 6.45) is 8.99. The molecule has 1 N–H and O–H groups in total. The number of aliphatic hydroxyl groups is 1. The van der Waals surface area contributed by atoms with E-state index in [2.05, 4.69) is 11.9 Å². The number of rotatable bonds is 2. The number of aromatic nitrogens is 2. The Morgan fingerprint density at radius 1 is 1.65 bits per heavy atom. The van der Waals surface area contributed by atoms with Gasteiger partial charge in [-0.2, -0.15) is 0 Å². The van der Waals surface area contributed by atoms with Crippen LogP contribution in [0.2, 0.25) is 0 Å². The maximum atomic E-state index is 10.6. The molecule has 0 saturated heterocycles. The van der Waals surface area contributed by atoms with Crippen molar-refractivity contribution in [2.75, 3.05) is 0 Å². The second-order valence-corrected chi connectivity index (χ2v) is 6.30. The van der Waals surface area contributed by atoms with Gasteiger partial charge in [0.1, 0.15) is 0 Å². The molecule has 1 aliphatic rings. The van der Waals surface area contributed by atoms with E-state index < -0.39 is 5.60 Å². The van der Waals surface area contributed by atoms with E-state index in [4.69, 9.17) is 0 Å². The summed E-state index contributed by atoms with van der Waals surface area (Å²) in [5.74, 6) is 0.637. The number of thiazole rings is 1. The number of nitrogens with zero attached hydrogens (tertiary/aromatic N) is 2. The van der Waals surface area contributed by atoms with E-state index in [1.807, 2.05) is 22.2 Å². The standard InChI is InChI=1S/C13H18N2OS/c1-10-3-2-4-13(16,7-10)8-11-9-15-5-6-17-12(15)14-11/h5-6,9-10,16H,2-4,7-8H2,1H3. The fourth-order valence-corrected chi connectivity index (χ4v) is 3.71. The third kappa shape index (κ3) is 2.24. The molecule has 1 saturated carbocycles. The lowest BCUT2D eigenvalue weighted by Gasteiger charge is -2.35. The molecule has 2 unspecified atom stereocenters. The van der Waals surface area contributed by atoms with Gasteiger partial charge in [-0.25, -0.2) is 4.98 Å². The van der Waals surface area contributed by atoms with Crippen LogP contribution in [0.3, 0.4) is 0 Å². The summed E-state index contributed by atoms with van der Waals surface area (Å²) in [5, 5.41) is 12.6. The maximum absolute atomic E-state index is 10.6. The largest absolute Gasteiger partial charge is 0.389 e. The Kier molecular flexibility index (Phi) is 2.71. The van der Waals surface area contributed by atoms with Crippen LogP contribution in [0.1, 0.15) is 38.3 Å². The van der Waals surface area contributed by atoms with Crippen molar-refractivity contribution < 1.29 is 5.11 Å². The summed E-state index contributed by atoms with van der Waals surface area (Å²) in [4.78, 5) is 5.58. The topological polar surface area (TPSA) is 37.5 Å². The molecular weight excluding hydrogens is 232 g/mol. The number of hydrogen-bond donors (Lipinski definition) is 1. The van der Waals surface area contributed by atoms with E-state index in [9.17, 15) is 5.11 Å². The van der Waals surface area contributed by atoms with Crippen LogP contribution in [-0.4, -0.2) is 20.1 Å². The molecule has 3 rings (SSSR count). The fourth-order valence-electron chi connectivity index (χ4n) is 2.99. The number of imidazole rings is 1. The van der Waals surface area contributed by atoms with E-state index in [-0.39, 0.29) is 0 Å². The first-order valence-electron chi connectivity index (χ1n) is 6.28. The van der Waals surface area contributed by atoms with Crippen LogP contribution in [0.4, 0.5) is 0 Å². The average Bonchev–Trinajstić information content (AvgIpc) is 2.76. The van der Waals surface area contributed by atoms with Crippen molar-refractivity contribution in [1.82, 2.24) is 9.38 Å². The van der Waals surface area contributed by atoms with Crippen LogP contribution in [-0.2, 0) is 6.42 Å². The first kappa shape index (κ1) is 11.2. The summed E-state index contributed by atoms with van der Waals surface area (Å²) in [6.45, 7) is 2.23. The van der Waals surface area contributed by atoms with E-state index in [1.54, 1.807) is 11.3 Å². The predicted octanol–water partition coefficient (Wildman–Crippen LogP) is 2.88. The Morgan fingerprint density at radius 3 is 3.29 bits per heavy atom. The van der Waals surface area contributed by atoms with Crippen LogP contribution in [0.25, 0.3) is 4.96 Å². The van der Waals surface area contributed by atoms with Gasteiger partial charge in [0.05, 0.1) is 11.3 Å². The van der Waals surface area contributed by atoms with Crippen molar-refractivity contribution in [3.05, 3.63) is 23.5 Å². The van der Waals surface area contributed by atoms with Gasteiger partial charge in [-0.05, 0) is 18.8 Å². The molecule has 4 heteroatoms. The van der Waals surface area contributed by atoms with Gasteiger partial charge in [0, 0.05) is 24.2 Å². The molecule has 3 nitrogen and oxygen atoms in total. The quantitative estimate of drug-likeness (QED) is 0.890. The fraction of sp³-hybridized carbons (Fsp3) is 0.615. The lowest BCUT2D eigenvalue weighted by atomic mass is 9.77. The minimum Gasteiger partial charge on any atom is -0.389 e. The van der Waals surface area contributed by atoms with Crippen LogP contribution in [0, 0.1) is 5.92 Å². The molecule has 0 amide bonds. The van der Waals surface area contributed by atoms with Crippen molar-refractivity contribution in [1.29, 1.82) is 0 Å². The van der Waals surface area contributed by atoms with E-state index in [1.165, 1.54) is 6.42 Å². The molecule has 2 aromatic heterocycles. The first-order valence-corrected chi connectivity index (χ1v) is 7.16. The van der Waals surface area contributed by atoms with Crippen molar-refractivity contribution in [2.45, 2.75) is 44.6 Å². The minimum atomic E-state index is -0.526. The lowest BCUT2D eigenvalue weighted by Crippen LogP contribution is -2.36. The number of fused-ring (bicyclic) bond motifs is 1. The molecule has 2 aromatic rings.